The number of anilines is 3. The predicted molar refractivity (Wildman–Crippen MR) is 141 cm³/mol. The number of rotatable bonds is 12. The molecule has 0 aromatic heterocycles. The molecule has 31 heavy (non-hydrogen) atoms. The van der Waals surface area contributed by atoms with Crippen LogP contribution in [0.15, 0.2) is 72.8 Å². The van der Waals surface area contributed by atoms with E-state index in [4.69, 9.17) is 0 Å². The third kappa shape index (κ3) is 6.74. The second-order valence-corrected chi connectivity index (χ2v) is 9.98. The van der Waals surface area contributed by atoms with Crippen molar-refractivity contribution in [1.29, 1.82) is 0 Å². The van der Waals surface area contributed by atoms with Crippen LogP contribution in [0.2, 0.25) is 0 Å². The molecule has 0 fully saturated rings. The van der Waals surface area contributed by atoms with E-state index >= 15 is 0 Å². The zero-order valence-electron chi connectivity index (χ0n) is 19.1. The van der Waals surface area contributed by atoms with E-state index in [1.165, 1.54) is 33.0 Å². The van der Waals surface area contributed by atoms with Gasteiger partial charge in [-0.1, -0.05) is 57.2 Å². The lowest BCUT2D eigenvalue weighted by Gasteiger charge is -2.21. The van der Waals surface area contributed by atoms with Gasteiger partial charge in [0.25, 0.3) is 0 Å². The van der Waals surface area contributed by atoms with Crippen LogP contribution in [0, 0.1) is 0 Å². The Balaban J connectivity index is 1.90. The molecule has 3 N–H and O–H groups in total. The smallest absolute Gasteiger partial charge is 0.0340 e. The van der Waals surface area contributed by atoms with Gasteiger partial charge in [-0.3, -0.25) is 0 Å². The van der Waals surface area contributed by atoms with Gasteiger partial charge in [0.05, 0.1) is 0 Å². The van der Waals surface area contributed by atoms with Gasteiger partial charge in [0.2, 0.25) is 0 Å². The Kier molecular flexibility index (Phi) is 9.24. The molecule has 0 spiro atoms. The zero-order chi connectivity index (χ0) is 21.9. The SMILES string of the molecule is CCCNc1ccc(P(c2ccc(NCCC)cc2)c2ccc(NCCC)cc2)cc1. The summed E-state index contributed by atoms with van der Waals surface area (Å²) >= 11 is 0. The summed E-state index contributed by atoms with van der Waals surface area (Å²) in [5, 5.41) is 14.6. The van der Waals surface area contributed by atoms with Crippen molar-refractivity contribution in [3.8, 4) is 0 Å². The molecule has 0 aliphatic rings. The van der Waals surface area contributed by atoms with E-state index in [0.717, 1.165) is 38.9 Å². The van der Waals surface area contributed by atoms with E-state index in [-0.39, 0.29) is 0 Å². The van der Waals surface area contributed by atoms with Crippen molar-refractivity contribution in [2.45, 2.75) is 40.0 Å². The first-order chi connectivity index (χ1) is 15.2. The second kappa shape index (κ2) is 12.4. The molecule has 0 saturated carbocycles. The normalized spacial score (nSPS) is 10.8. The molecule has 0 atom stereocenters. The van der Waals surface area contributed by atoms with Gasteiger partial charge in [-0.2, -0.15) is 0 Å². The summed E-state index contributed by atoms with van der Waals surface area (Å²) in [5.74, 6) is 0. The van der Waals surface area contributed by atoms with Crippen molar-refractivity contribution < 1.29 is 0 Å². The van der Waals surface area contributed by atoms with Gasteiger partial charge in [-0.15, -0.1) is 0 Å². The highest BCUT2D eigenvalue weighted by molar-refractivity contribution is 7.79. The van der Waals surface area contributed by atoms with Crippen molar-refractivity contribution >= 4 is 40.9 Å². The highest BCUT2D eigenvalue weighted by atomic mass is 31.1. The van der Waals surface area contributed by atoms with Gasteiger partial charge in [-0.05, 0) is 79.5 Å². The molecule has 0 aliphatic heterocycles. The third-order valence-corrected chi connectivity index (χ3v) is 7.56. The van der Waals surface area contributed by atoms with Gasteiger partial charge in [0.1, 0.15) is 0 Å². The van der Waals surface area contributed by atoms with E-state index in [9.17, 15) is 0 Å². The average Bonchev–Trinajstić information content (AvgIpc) is 2.82. The largest absolute Gasteiger partial charge is 0.385 e. The molecule has 3 aromatic carbocycles. The lowest BCUT2D eigenvalue weighted by Crippen LogP contribution is -2.21. The minimum atomic E-state index is -0.605. The minimum absolute atomic E-state index is 0.605. The van der Waals surface area contributed by atoms with Gasteiger partial charge >= 0.3 is 0 Å². The molecule has 3 nitrogen and oxygen atoms in total. The molecule has 0 radical (unpaired) electrons. The maximum absolute atomic E-state index is 3.48. The Morgan fingerprint density at radius 2 is 0.710 bits per heavy atom. The molecule has 0 amide bonds. The van der Waals surface area contributed by atoms with Gasteiger partial charge in [0, 0.05) is 36.7 Å². The third-order valence-electron chi connectivity index (χ3n) is 5.11. The summed E-state index contributed by atoms with van der Waals surface area (Å²) < 4.78 is 0. The highest BCUT2D eigenvalue weighted by Gasteiger charge is 2.16. The first-order valence-corrected chi connectivity index (χ1v) is 12.9. The van der Waals surface area contributed by atoms with Crippen LogP contribution in [-0.4, -0.2) is 19.6 Å². The fraction of sp³-hybridized carbons (Fsp3) is 0.333. The quantitative estimate of drug-likeness (QED) is 0.311. The van der Waals surface area contributed by atoms with Crippen LogP contribution >= 0.6 is 7.92 Å². The first-order valence-electron chi connectivity index (χ1n) is 11.6. The van der Waals surface area contributed by atoms with Gasteiger partial charge in [0.15, 0.2) is 0 Å². The summed E-state index contributed by atoms with van der Waals surface area (Å²) in [6.45, 7) is 9.60. The maximum Gasteiger partial charge on any atom is 0.0340 e. The molecule has 0 aliphatic carbocycles. The number of benzene rings is 3. The van der Waals surface area contributed by atoms with E-state index in [1.807, 2.05) is 0 Å². The lowest BCUT2D eigenvalue weighted by molar-refractivity contribution is 0.980. The molecule has 0 saturated heterocycles. The molecule has 3 aromatic rings. The van der Waals surface area contributed by atoms with Gasteiger partial charge in [-0.25, -0.2) is 0 Å². The minimum Gasteiger partial charge on any atom is -0.385 e. The Hall–Kier alpha value is -2.51. The van der Waals surface area contributed by atoms with Gasteiger partial charge < -0.3 is 16.0 Å². The Bertz CT molecular complexity index is 767. The molecular formula is C27H36N3P. The van der Waals surface area contributed by atoms with Crippen LogP contribution in [0.1, 0.15) is 40.0 Å². The van der Waals surface area contributed by atoms with Crippen molar-refractivity contribution in [3.05, 3.63) is 72.8 Å². The molecular weight excluding hydrogens is 397 g/mol. The van der Waals surface area contributed by atoms with Crippen LogP contribution in [0.25, 0.3) is 0 Å². The van der Waals surface area contributed by atoms with Crippen LogP contribution in [0.3, 0.4) is 0 Å². The predicted octanol–water partition coefficient (Wildman–Crippen LogP) is 5.91. The Morgan fingerprint density at radius 1 is 0.452 bits per heavy atom. The van der Waals surface area contributed by atoms with Crippen LogP contribution in [0.5, 0.6) is 0 Å². The number of nitrogens with one attached hydrogen (secondary N) is 3. The Labute approximate surface area is 189 Å². The lowest BCUT2D eigenvalue weighted by atomic mass is 10.3. The van der Waals surface area contributed by atoms with Crippen molar-refractivity contribution in [2.24, 2.45) is 0 Å². The van der Waals surface area contributed by atoms with E-state index in [1.54, 1.807) is 0 Å². The highest BCUT2D eigenvalue weighted by Crippen LogP contribution is 2.34. The fourth-order valence-electron chi connectivity index (χ4n) is 3.44. The summed E-state index contributed by atoms with van der Waals surface area (Å²) in [5.41, 5.74) is 3.58. The van der Waals surface area contributed by atoms with Crippen molar-refractivity contribution in [3.63, 3.8) is 0 Å². The topological polar surface area (TPSA) is 36.1 Å². The van der Waals surface area contributed by atoms with Crippen LogP contribution in [0.4, 0.5) is 17.1 Å². The molecule has 0 unspecified atom stereocenters. The summed E-state index contributed by atoms with van der Waals surface area (Å²) in [6.07, 6.45) is 3.39. The van der Waals surface area contributed by atoms with Crippen LogP contribution in [-0.2, 0) is 0 Å². The summed E-state index contributed by atoms with van der Waals surface area (Å²) in [7, 11) is -0.605. The molecule has 0 heterocycles. The first kappa shape index (κ1) is 23.2. The average molecular weight is 434 g/mol. The monoisotopic (exact) mass is 433 g/mol. The maximum atomic E-state index is 3.48. The van der Waals surface area contributed by atoms with E-state index in [2.05, 4.69) is 110 Å². The summed E-state index contributed by atoms with van der Waals surface area (Å²) in [4.78, 5) is 0. The molecule has 4 heteroatoms. The Morgan fingerprint density at radius 3 is 0.935 bits per heavy atom. The van der Waals surface area contributed by atoms with E-state index < -0.39 is 7.92 Å². The van der Waals surface area contributed by atoms with Crippen molar-refractivity contribution in [1.82, 2.24) is 0 Å². The fourth-order valence-corrected chi connectivity index (χ4v) is 5.68. The number of hydrogen-bond donors (Lipinski definition) is 3. The zero-order valence-corrected chi connectivity index (χ0v) is 20.0. The number of hydrogen-bond acceptors (Lipinski definition) is 3. The summed E-state index contributed by atoms with van der Waals surface area (Å²) in [6, 6.07) is 27.0. The molecule has 164 valence electrons. The van der Waals surface area contributed by atoms with E-state index in [0.29, 0.717) is 0 Å². The van der Waals surface area contributed by atoms with Crippen molar-refractivity contribution in [2.75, 3.05) is 35.6 Å². The standard InChI is InChI=1S/C27H36N3P/c1-4-19-28-22-7-13-25(14-8-22)31(26-15-9-23(10-16-26)29-20-5-2)27-17-11-24(12-18-27)30-21-6-3/h7-18,28-30H,4-6,19-21H2,1-3H3. The molecule has 0 bridgehead atoms. The second-order valence-electron chi connectivity index (χ2n) is 7.76. The molecule has 3 rings (SSSR count). The van der Waals surface area contributed by atoms with Crippen LogP contribution < -0.4 is 31.9 Å².